The Morgan fingerprint density at radius 1 is 0.864 bits per heavy atom. The van der Waals surface area contributed by atoms with Gasteiger partial charge in [0.25, 0.3) is 0 Å². The molecule has 0 aromatic heterocycles. The Morgan fingerprint density at radius 2 is 1.55 bits per heavy atom. The molecule has 22 heavy (non-hydrogen) atoms. The number of hydrogen-bond acceptors (Lipinski definition) is 2. The molecule has 0 bridgehead atoms. The van der Waals surface area contributed by atoms with Crippen LogP contribution in [-0.2, 0) is 0 Å². The molecule has 2 fully saturated rings. The Hall–Kier alpha value is -1.26. The third-order valence-corrected chi connectivity index (χ3v) is 4.87. The van der Waals surface area contributed by atoms with Crippen LogP contribution in [0.3, 0.4) is 0 Å². The Balaban J connectivity index is 1.53. The maximum atomic E-state index is 12.5. The maximum Gasteiger partial charge on any atom is 0.324 e. The molecule has 0 spiro atoms. The predicted molar refractivity (Wildman–Crippen MR) is 90.7 cm³/mol. The van der Waals surface area contributed by atoms with E-state index >= 15 is 0 Å². The van der Waals surface area contributed by atoms with Crippen LogP contribution in [0.5, 0.6) is 0 Å². The molecular formula is C17H24ClN3O. The van der Waals surface area contributed by atoms with Gasteiger partial charge in [-0.2, -0.15) is 0 Å². The quantitative estimate of drug-likeness (QED) is 0.849. The normalized spacial score (nSPS) is 20.5. The van der Waals surface area contributed by atoms with E-state index in [1.165, 1.54) is 38.8 Å². The minimum atomic E-state index is 0.122. The van der Waals surface area contributed by atoms with E-state index in [0.29, 0.717) is 5.02 Å². The summed E-state index contributed by atoms with van der Waals surface area (Å²) in [6.07, 6.45) is 5.29. The fourth-order valence-electron chi connectivity index (χ4n) is 3.27. The van der Waals surface area contributed by atoms with Gasteiger partial charge in [0.15, 0.2) is 0 Å². The van der Waals surface area contributed by atoms with E-state index in [4.69, 9.17) is 11.6 Å². The third kappa shape index (κ3) is 3.73. The number of amides is 2. The van der Waals surface area contributed by atoms with Crippen molar-refractivity contribution in [2.75, 3.05) is 44.2 Å². The second kappa shape index (κ2) is 7.34. The first-order valence-electron chi connectivity index (χ1n) is 8.28. The first kappa shape index (κ1) is 15.6. The molecule has 0 radical (unpaired) electrons. The van der Waals surface area contributed by atoms with Gasteiger partial charge in [-0.3, -0.25) is 4.90 Å². The average molecular weight is 322 g/mol. The number of rotatable bonds is 4. The number of nitrogens with zero attached hydrogens (tertiary/aromatic N) is 3. The molecule has 5 heteroatoms. The Bertz CT molecular complexity index is 497. The zero-order chi connectivity index (χ0) is 15.4. The highest BCUT2D eigenvalue weighted by atomic mass is 35.5. The van der Waals surface area contributed by atoms with Gasteiger partial charge in [-0.25, -0.2) is 4.79 Å². The molecule has 2 aliphatic heterocycles. The number of likely N-dealkylation sites (tertiary alicyclic amines) is 1. The number of halogens is 1. The number of hydrogen-bond donors (Lipinski definition) is 0. The fourth-order valence-corrected chi connectivity index (χ4v) is 3.40. The summed E-state index contributed by atoms with van der Waals surface area (Å²) in [5.74, 6) is 0. The molecular weight excluding hydrogens is 298 g/mol. The molecule has 0 aliphatic carbocycles. The molecule has 1 aromatic carbocycles. The molecule has 2 aliphatic rings. The van der Waals surface area contributed by atoms with Crippen LogP contribution in [0.1, 0.15) is 25.7 Å². The molecule has 2 amide bonds. The molecule has 2 heterocycles. The van der Waals surface area contributed by atoms with Crippen LogP contribution in [0.15, 0.2) is 24.3 Å². The van der Waals surface area contributed by atoms with Crippen molar-refractivity contribution in [1.29, 1.82) is 0 Å². The lowest BCUT2D eigenvalue weighted by atomic mass is 10.2. The van der Waals surface area contributed by atoms with E-state index in [-0.39, 0.29) is 6.03 Å². The van der Waals surface area contributed by atoms with E-state index in [1.54, 1.807) is 0 Å². The Kier molecular flexibility index (Phi) is 5.21. The topological polar surface area (TPSA) is 26.8 Å². The van der Waals surface area contributed by atoms with Crippen molar-refractivity contribution < 1.29 is 4.79 Å². The zero-order valence-electron chi connectivity index (χ0n) is 13.0. The van der Waals surface area contributed by atoms with Crippen LogP contribution in [0.4, 0.5) is 10.5 Å². The molecule has 0 unspecified atom stereocenters. The molecule has 1 aromatic rings. The van der Waals surface area contributed by atoms with Crippen LogP contribution in [0.25, 0.3) is 0 Å². The summed E-state index contributed by atoms with van der Waals surface area (Å²) in [5, 5.41) is 0.702. The molecule has 0 N–H and O–H groups in total. The summed E-state index contributed by atoms with van der Waals surface area (Å²) < 4.78 is 0. The highest BCUT2D eigenvalue weighted by Crippen LogP contribution is 2.22. The van der Waals surface area contributed by atoms with Gasteiger partial charge in [-0.05, 0) is 50.2 Å². The van der Waals surface area contributed by atoms with Gasteiger partial charge < -0.3 is 9.80 Å². The highest BCUT2D eigenvalue weighted by molar-refractivity contribution is 6.30. The van der Waals surface area contributed by atoms with Crippen molar-refractivity contribution in [2.24, 2.45) is 0 Å². The van der Waals surface area contributed by atoms with Gasteiger partial charge >= 0.3 is 6.03 Å². The van der Waals surface area contributed by atoms with Crippen LogP contribution in [-0.4, -0.2) is 55.1 Å². The third-order valence-electron chi connectivity index (χ3n) is 4.62. The van der Waals surface area contributed by atoms with Crippen molar-refractivity contribution in [3.8, 4) is 0 Å². The second-order valence-corrected chi connectivity index (χ2v) is 6.59. The number of carbonyl (C=O) groups excluding carboxylic acids is 1. The molecule has 0 atom stereocenters. The summed E-state index contributed by atoms with van der Waals surface area (Å²) in [4.78, 5) is 18.9. The summed E-state index contributed by atoms with van der Waals surface area (Å²) >= 11 is 5.91. The maximum absolute atomic E-state index is 12.5. The summed E-state index contributed by atoms with van der Waals surface area (Å²) in [5.41, 5.74) is 0.937. The predicted octanol–water partition coefficient (Wildman–Crippen LogP) is 3.46. The minimum Gasteiger partial charge on any atom is -0.321 e. The van der Waals surface area contributed by atoms with Gasteiger partial charge in [0, 0.05) is 36.9 Å². The van der Waals surface area contributed by atoms with Crippen molar-refractivity contribution >= 4 is 23.3 Å². The summed E-state index contributed by atoms with van der Waals surface area (Å²) in [6.45, 7) is 5.78. The highest BCUT2D eigenvalue weighted by Gasteiger charge is 2.29. The largest absolute Gasteiger partial charge is 0.324 e. The lowest BCUT2D eigenvalue weighted by molar-refractivity contribution is 0.205. The van der Waals surface area contributed by atoms with Gasteiger partial charge in [0.1, 0.15) is 0 Å². The Labute approximate surface area is 137 Å². The van der Waals surface area contributed by atoms with Gasteiger partial charge in [-0.15, -0.1) is 0 Å². The monoisotopic (exact) mass is 321 g/mol. The van der Waals surface area contributed by atoms with Gasteiger partial charge in [-0.1, -0.05) is 24.4 Å². The smallest absolute Gasteiger partial charge is 0.321 e. The van der Waals surface area contributed by atoms with Gasteiger partial charge in [0.2, 0.25) is 0 Å². The lowest BCUT2D eigenvalue weighted by Gasteiger charge is -2.24. The lowest BCUT2D eigenvalue weighted by Crippen LogP contribution is -2.38. The van der Waals surface area contributed by atoms with Crippen LogP contribution >= 0.6 is 11.6 Å². The van der Waals surface area contributed by atoms with Gasteiger partial charge in [0.05, 0.1) is 0 Å². The van der Waals surface area contributed by atoms with E-state index in [2.05, 4.69) is 4.90 Å². The van der Waals surface area contributed by atoms with Crippen molar-refractivity contribution in [2.45, 2.75) is 25.7 Å². The first-order chi connectivity index (χ1) is 10.7. The minimum absolute atomic E-state index is 0.122. The van der Waals surface area contributed by atoms with Crippen LogP contribution < -0.4 is 4.90 Å². The standard InChI is InChI=1S/C17H24ClN3O/c18-15-5-7-16(8-6-15)21-14-13-20(17(21)22)12-11-19-9-3-1-2-4-10-19/h5-8H,1-4,9-14H2. The van der Waals surface area contributed by atoms with Crippen molar-refractivity contribution in [3.05, 3.63) is 29.3 Å². The van der Waals surface area contributed by atoms with E-state index < -0.39 is 0 Å². The summed E-state index contributed by atoms with van der Waals surface area (Å²) in [6, 6.07) is 7.63. The fraction of sp³-hybridized carbons (Fsp3) is 0.588. The van der Waals surface area contributed by atoms with Crippen molar-refractivity contribution in [3.63, 3.8) is 0 Å². The zero-order valence-corrected chi connectivity index (χ0v) is 13.8. The van der Waals surface area contributed by atoms with Crippen LogP contribution in [0, 0.1) is 0 Å². The van der Waals surface area contributed by atoms with E-state index in [9.17, 15) is 4.79 Å². The van der Waals surface area contributed by atoms with Crippen molar-refractivity contribution in [1.82, 2.24) is 9.80 Å². The first-order valence-corrected chi connectivity index (χ1v) is 8.66. The molecule has 3 rings (SSSR count). The Morgan fingerprint density at radius 3 is 2.23 bits per heavy atom. The summed E-state index contributed by atoms with van der Waals surface area (Å²) in [7, 11) is 0. The molecule has 2 saturated heterocycles. The number of benzene rings is 1. The number of carbonyl (C=O) groups is 1. The van der Waals surface area contributed by atoms with Crippen LogP contribution in [0.2, 0.25) is 5.02 Å². The SMILES string of the molecule is O=C1N(CCN2CCCCCC2)CCN1c1ccc(Cl)cc1. The average Bonchev–Trinajstić information content (AvgIpc) is 2.74. The van der Waals surface area contributed by atoms with E-state index in [0.717, 1.165) is 31.9 Å². The number of urea groups is 1. The molecule has 4 nitrogen and oxygen atoms in total. The molecule has 120 valence electrons. The van der Waals surface area contributed by atoms with E-state index in [1.807, 2.05) is 34.1 Å². The molecule has 0 saturated carbocycles. The number of anilines is 1. The second-order valence-electron chi connectivity index (χ2n) is 6.15.